The number of nitrogens with zero attached hydrogens (tertiary/aromatic N) is 5. The number of aromatic amines is 1. The van der Waals surface area contributed by atoms with Crippen molar-refractivity contribution >= 4 is 38.8 Å². The van der Waals surface area contributed by atoms with E-state index in [-0.39, 0.29) is 36.6 Å². The topological polar surface area (TPSA) is 117 Å². The van der Waals surface area contributed by atoms with Crippen molar-refractivity contribution in [2.75, 3.05) is 26.2 Å². The Kier molecular flexibility index (Phi) is 6.61. The Hall–Kier alpha value is -4.12. The maximum absolute atomic E-state index is 14.1. The van der Waals surface area contributed by atoms with Gasteiger partial charge in [0.1, 0.15) is 23.6 Å². The number of hydrogen-bond donors (Lipinski definition) is 2. The number of rotatable bonds is 4. The number of carbonyl (C=O) groups is 2. The number of carbonyl (C=O) groups excluding carboxylic acids is 2. The number of fused-ring (bicyclic) bond motifs is 1. The first-order valence-corrected chi connectivity index (χ1v) is 14.0. The third-order valence-corrected chi connectivity index (χ3v) is 8.32. The number of ether oxygens (including phenoxy) is 1. The van der Waals surface area contributed by atoms with E-state index in [0.29, 0.717) is 47.7 Å². The van der Waals surface area contributed by atoms with Crippen LogP contribution in [0.25, 0.3) is 16.7 Å². The van der Waals surface area contributed by atoms with Crippen molar-refractivity contribution < 1.29 is 19.4 Å². The quantitative estimate of drug-likeness (QED) is 0.332. The number of H-pyrrole nitrogens is 1. The third kappa shape index (κ3) is 4.25. The van der Waals surface area contributed by atoms with Gasteiger partial charge in [-0.05, 0) is 57.8 Å². The minimum atomic E-state index is -0.525. The predicted octanol–water partition coefficient (Wildman–Crippen LogP) is 4.49. The molecule has 1 unspecified atom stereocenters. The fourth-order valence-electron chi connectivity index (χ4n) is 5.59. The van der Waals surface area contributed by atoms with E-state index in [1.165, 1.54) is 6.08 Å². The Morgan fingerprint density at radius 2 is 2.08 bits per heavy atom. The van der Waals surface area contributed by atoms with E-state index in [9.17, 15) is 14.7 Å². The van der Waals surface area contributed by atoms with Crippen LogP contribution in [0.1, 0.15) is 53.0 Å². The smallest absolute Gasteiger partial charge is 0.256 e. The maximum atomic E-state index is 14.1. The number of halogens is 1. The molecule has 2 aliphatic heterocycles. The van der Waals surface area contributed by atoms with Gasteiger partial charge in [0.25, 0.3) is 5.91 Å². The Labute approximate surface area is 239 Å². The second-order valence-electron chi connectivity index (χ2n) is 10.3. The highest BCUT2D eigenvalue weighted by atomic mass is 79.9. The number of aromatic nitrogens is 4. The first kappa shape index (κ1) is 26.1. The first-order valence-electron chi connectivity index (χ1n) is 13.2. The summed E-state index contributed by atoms with van der Waals surface area (Å²) in [5, 5.41) is 15.7. The molecule has 2 N–H and O–H groups in total. The zero-order valence-corrected chi connectivity index (χ0v) is 23.8. The summed E-state index contributed by atoms with van der Waals surface area (Å²) >= 11 is 3.51. The molecule has 0 aliphatic carbocycles. The lowest BCUT2D eigenvalue weighted by molar-refractivity contribution is -0.127. The molecule has 0 spiro atoms. The molecule has 206 valence electrons. The monoisotopic (exact) mass is 604 g/mol. The fraction of sp³-hybridized carbons (Fsp3) is 0.310. The van der Waals surface area contributed by atoms with Gasteiger partial charge in [0, 0.05) is 24.0 Å². The lowest BCUT2D eigenvalue weighted by Gasteiger charge is -2.40. The Morgan fingerprint density at radius 1 is 1.25 bits per heavy atom. The summed E-state index contributed by atoms with van der Waals surface area (Å²) in [5.74, 6) is 0.357. The Balaban J connectivity index is 1.48. The molecule has 0 saturated carbocycles. The number of phenolic OH excluding ortho intramolecular Hbond substituents is 1. The average molecular weight is 605 g/mol. The zero-order valence-electron chi connectivity index (χ0n) is 22.2. The minimum absolute atomic E-state index is 0.118. The van der Waals surface area contributed by atoms with Crippen LogP contribution in [0.15, 0.2) is 53.8 Å². The molecule has 0 bridgehead atoms. The highest BCUT2D eigenvalue weighted by Gasteiger charge is 2.41. The minimum Gasteiger partial charge on any atom is -0.506 e. The molecule has 2 aliphatic rings. The molecule has 2 amide bonds. The summed E-state index contributed by atoms with van der Waals surface area (Å²) in [6, 6.07) is 8.66. The molecule has 40 heavy (non-hydrogen) atoms. The molecule has 0 radical (unpaired) electrons. The normalized spacial score (nSPS) is 16.9. The predicted molar refractivity (Wildman–Crippen MR) is 153 cm³/mol. The second-order valence-corrected chi connectivity index (χ2v) is 11.2. The largest absolute Gasteiger partial charge is 0.506 e. The highest BCUT2D eigenvalue weighted by molar-refractivity contribution is 9.10. The third-order valence-electron chi connectivity index (χ3n) is 7.68. The molecular formula is C29H29BrN6O4. The second kappa shape index (κ2) is 10.1. The van der Waals surface area contributed by atoms with Gasteiger partial charge >= 0.3 is 0 Å². The van der Waals surface area contributed by atoms with E-state index in [1.54, 1.807) is 32.9 Å². The van der Waals surface area contributed by atoms with Crippen LogP contribution >= 0.6 is 15.9 Å². The lowest BCUT2D eigenvalue weighted by Crippen LogP contribution is -2.48. The molecule has 0 fully saturated rings. The molecular weight excluding hydrogens is 576 g/mol. The zero-order chi connectivity index (χ0) is 28.1. The van der Waals surface area contributed by atoms with E-state index >= 15 is 0 Å². The number of imidazole rings is 1. The summed E-state index contributed by atoms with van der Waals surface area (Å²) in [5.41, 5.74) is 4.93. The van der Waals surface area contributed by atoms with E-state index in [2.05, 4.69) is 46.3 Å². The molecule has 6 rings (SSSR count). The van der Waals surface area contributed by atoms with Crippen molar-refractivity contribution in [1.82, 2.24) is 29.5 Å². The number of benzene rings is 2. The van der Waals surface area contributed by atoms with Crippen molar-refractivity contribution in [1.29, 1.82) is 0 Å². The van der Waals surface area contributed by atoms with E-state index < -0.39 is 6.04 Å². The van der Waals surface area contributed by atoms with Crippen molar-refractivity contribution in [2.24, 2.45) is 0 Å². The van der Waals surface area contributed by atoms with Gasteiger partial charge < -0.3 is 24.6 Å². The van der Waals surface area contributed by atoms with Gasteiger partial charge in [-0.25, -0.2) is 9.67 Å². The maximum Gasteiger partial charge on any atom is 0.256 e. The number of amides is 2. The fourth-order valence-corrected chi connectivity index (χ4v) is 6.02. The van der Waals surface area contributed by atoms with Gasteiger partial charge in [0.05, 0.1) is 41.3 Å². The Morgan fingerprint density at radius 3 is 2.83 bits per heavy atom. The SMILES string of the molecule is C=CC(=O)N1CCOc2nn(-c3ccc(C(C)C)cc3O)c3c2C(C1)N(C(=O)c1ccc(Br)c2nc[nH]c12)CC3. The molecule has 11 heteroatoms. The van der Waals surface area contributed by atoms with E-state index in [4.69, 9.17) is 9.84 Å². The molecule has 0 saturated heterocycles. The van der Waals surface area contributed by atoms with Crippen LogP contribution in [0.3, 0.4) is 0 Å². The van der Waals surface area contributed by atoms with E-state index in [1.807, 2.05) is 18.2 Å². The van der Waals surface area contributed by atoms with Gasteiger partial charge in [-0.15, -0.1) is 5.10 Å². The number of phenols is 1. The van der Waals surface area contributed by atoms with E-state index in [0.717, 1.165) is 21.3 Å². The van der Waals surface area contributed by atoms with Crippen molar-refractivity contribution in [3.05, 3.63) is 76.2 Å². The number of nitrogens with one attached hydrogen (secondary N) is 1. The summed E-state index contributed by atoms with van der Waals surface area (Å²) < 4.78 is 8.62. The highest BCUT2D eigenvalue weighted by Crippen LogP contribution is 2.41. The van der Waals surface area contributed by atoms with Crippen LogP contribution in [0.5, 0.6) is 11.6 Å². The molecule has 2 aromatic heterocycles. The van der Waals surface area contributed by atoms with Crippen LogP contribution in [0.2, 0.25) is 0 Å². The van der Waals surface area contributed by atoms with Crippen molar-refractivity contribution in [3.63, 3.8) is 0 Å². The molecule has 4 aromatic rings. The van der Waals surface area contributed by atoms with Gasteiger partial charge in [-0.3, -0.25) is 9.59 Å². The average Bonchev–Trinajstić information content (AvgIpc) is 3.57. The van der Waals surface area contributed by atoms with Crippen LogP contribution < -0.4 is 4.74 Å². The van der Waals surface area contributed by atoms with Gasteiger partial charge in [-0.2, -0.15) is 0 Å². The van der Waals surface area contributed by atoms with Crippen molar-refractivity contribution in [2.45, 2.75) is 32.2 Å². The lowest BCUT2D eigenvalue weighted by atomic mass is 9.95. The van der Waals surface area contributed by atoms with Gasteiger partial charge in [0.15, 0.2) is 0 Å². The summed E-state index contributed by atoms with van der Waals surface area (Å²) in [7, 11) is 0. The van der Waals surface area contributed by atoms with Crippen LogP contribution in [-0.2, 0) is 11.2 Å². The van der Waals surface area contributed by atoms with Crippen LogP contribution in [-0.4, -0.2) is 72.7 Å². The molecule has 2 aromatic carbocycles. The van der Waals surface area contributed by atoms with Crippen LogP contribution in [0.4, 0.5) is 0 Å². The summed E-state index contributed by atoms with van der Waals surface area (Å²) in [6.07, 6.45) is 3.32. The molecule has 4 heterocycles. The Bertz CT molecular complexity index is 1660. The van der Waals surface area contributed by atoms with Crippen molar-refractivity contribution in [3.8, 4) is 17.3 Å². The molecule has 10 nitrogen and oxygen atoms in total. The number of aromatic hydroxyl groups is 1. The first-order chi connectivity index (χ1) is 19.3. The summed E-state index contributed by atoms with van der Waals surface area (Å²) in [6.45, 7) is 9.00. The van der Waals surface area contributed by atoms with Gasteiger partial charge in [0.2, 0.25) is 11.8 Å². The van der Waals surface area contributed by atoms with Crippen LogP contribution in [0, 0.1) is 0 Å². The standard InChI is InChI=1S/C29H29BrN6O4/c1-4-24(38)34-11-12-40-28-25-21(36(33-28)20-8-5-17(16(2)3)13-23(20)37)9-10-35(22(25)14-34)29(39)18-6-7-19(30)27-26(18)31-15-32-27/h4-8,13,15-16,22,37H,1,9-12,14H2,2-3H3,(H,31,32). The van der Waals surface area contributed by atoms with Gasteiger partial charge in [-0.1, -0.05) is 26.5 Å². The summed E-state index contributed by atoms with van der Waals surface area (Å²) in [4.78, 5) is 37.8. The molecule has 1 atom stereocenters. The number of hydrogen-bond acceptors (Lipinski definition) is 6.